The molecule has 0 N–H and O–H groups in total. The van der Waals surface area contributed by atoms with Gasteiger partial charge in [0.05, 0.1) is 23.8 Å². The fraction of sp³-hybridized carbons (Fsp3) is 0.316. The molecule has 8 heteroatoms. The maximum Gasteiger partial charge on any atom is 0.416 e. The zero-order valence-corrected chi connectivity index (χ0v) is 14.7. The number of aryl methyl sites for hydroxylation is 2. The van der Waals surface area contributed by atoms with Gasteiger partial charge in [0.15, 0.2) is 5.49 Å². The predicted octanol–water partition coefficient (Wildman–Crippen LogP) is 2.60. The number of rotatable bonds is 2. The highest BCUT2D eigenvalue weighted by Crippen LogP contribution is 2.33. The monoisotopic (exact) mass is 368 g/mol. The van der Waals surface area contributed by atoms with Crippen molar-refractivity contribution in [1.29, 1.82) is 0 Å². The van der Waals surface area contributed by atoms with E-state index in [9.17, 15) is 13.2 Å². The van der Waals surface area contributed by atoms with E-state index >= 15 is 0 Å². The number of halogens is 3. The van der Waals surface area contributed by atoms with E-state index < -0.39 is 11.7 Å². The molecular weight excluding hydrogens is 352 g/mol. The number of aromatic nitrogens is 3. The van der Waals surface area contributed by atoms with Gasteiger partial charge in [0, 0.05) is 18.4 Å². The van der Waals surface area contributed by atoms with Crippen molar-refractivity contribution in [3.8, 4) is 0 Å². The van der Waals surface area contributed by atoms with E-state index in [-0.39, 0.29) is 12.1 Å². The summed E-state index contributed by atoms with van der Waals surface area (Å²) in [6.45, 7) is 2.45. The molecule has 0 atom stereocenters. The molecule has 1 aliphatic heterocycles. The first-order valence-electron chi connectivity index (χ1n) is 8.66. The molecule has 0 saturated heterocycles. The Kier molecular flexibility index (Phi) is 4.28. The van der Waals surface area contributed by atoms with Gasteiger partial charge in [-0.05, 0) is 42.2 Å². The topological polar surface area (TPSA) is 43.1 Å². The van der Waals surface area contributed by atoms with Crippen molar-refractivity contribution >= 4 is 24.3 Å². The highest BCUT2D eigenvalue weighted by molar-refractivity contribution is 6.31. The number of hydrogen-bond donors (Lipinski definition) is 0. The van der Waals surface area contributed by atoms with E-state index in [1.54, 1.807) is 18.3 Å². The fourth-order valence-corrected chi connectivity index (χ4v) is 3.52. The number of benzene rings is 1. The lowest BCUT2D eigenvalue weighted by molar-refractivity contribution is -0.138. The van der Waals surface area contributed by atoms with Crippen LogP contribution < -0.4 is 11.1 Å². The standard InChI is InChI=1S/C19H16BF3N4/c1-11-12(4-2-5-14(11)19(21,22)23)9-25-18-13-8-16(20)24-10-15(13)27-7-3-6-17(27)26-18/h2,4-5,8,10H,3,6-7,9H2,1H3. The quantitative estimate of drug-likeness (QED) is 0.653. The second-order valence-corrected chi connectivity index (χ2v) is 6.64. The first kappa shape index (κ1) is 17.8. The second kappa shape index (κ2) is 6.51. The zero-order valence-electron chi connectivity index (χ0n) is 14.7. The van der Waals surface area contributed by atoms with E-state index in [2.05, 4.69) is 19.5 Å². The van der Waals surface area contributed by atoms with Gasteiger partial charge in [-0.25, -0.2) is 4.98 Å². The Morgan fingerprint density at radius 3 is 2.89 bits per heavy atom. The van der Waals surface area contributed by atoms with Gasteiger partial charge in [0.2, 0.25) is 0 Å². The van der Waals surface area contributed by atoms with E-state index in [0.29, 0.717) is 16.6 Å². The van der Waals surface area contributed by atoms with Crippen LogP contribution in [0.25, 0.3) is 10.9 Å². The Hall–Kier alpha value is -2.64. The molecule has 0 fully saturated rings. The van der Waals surface area contributed by atoms with Crippen LogP contribution in [0.5, 0.6) is 0 Å². The molecule has 0 unspecified atom stereocenters. The first-order chi connectivity index (χ1) is 12.8. The van der Waals surface area contributed by atoms with Gasteiger partial charge in [-0.15, -0.1) is 0 Å². The molecule has 3 heterocycles. The third-order valence-electron chi connectivity index (χ3n) is 4.91. The fourth-order valence-electron chi connectivity index (χ4n) is 3.52. The zero-order chi connectivity index (χ0) is 19.2. The molecule has 1 aromatic carbocycles. The number of pyridine rings is 1. The normalized spacial score (nSPS) is 14.7. The van der Waals surface area contributed by atoms with E-state index in [1.807, 2.05) is 0 Å². The summed E-state index contributed by atoms with van der Waals surface area (Å²) in [4.78, 5) is 13.3. The lowest BCUT2D eigenvalue weighted by Gasteiger charge is -2.13. The van der Waals surface area contributed by atoms with Crippen molar-refractivity contribution in [1.82, 2.24) is 14.5 Å². The highest BCUT2D eigenvalue weighted by Gasteiger charge is 2.32. The van der Waals surface area contributed by atoms with Gasteiger partial charge >= 0.3 is 6.18 Å². The molecule has 0 bridgehead atoms. The van der Waals surface area contributed by atoms with E-state index in [4.69, 9.17) is 7.85 Å². The number of fused-ring (bicyclic) bond motifs is 3. The predicted molar refractivity (Wildman–Crippen MR) is 96.7 cm³/mol. The summed E-state index contributed by atoms with van der Waals surface area (Å²) >= 11 is 0. The van der Waals surface area contributed by atoms with Crippen LogP contribution in [0.15, 0.2) is 35.5 Å². The third kappa shape index (κ3) is 3.24. The summed E-state index contributed by atoms with van der Waals surface area (Å²) in [5.41, 5.74) is 1.82. The molecule has 0 spiro atoms. The van der Waals surface area contributed by atoms with Crippen LogP contribution in [-0.4, -0.2) is 22.4 Å². The molecule has 2 aromatic heterocycles. The molecule has 1 aliphatic rings. The lowest BCUT2D eigenvalue weighted by Crippen LogP contribution is -2.20. The minimum absolute atomic E-state index is 0.115. The summed E-state index contributed by atoms with van der Waals surface area (Å²) < 4.78 is 41.5. The number of hydrogen-bond acceptors (Lipinski definition) is 3. The van der Waals surface area contributed by atoms with Gasteiger partial charge in [-0.1, -0.05) is 12.1 Å². The van der Waals surface area contributed by atoms with Crippen LogP contribution in [-0.2, 0) is 25.7 Å². The van der Waals surface area contributed by atoms with Gasteiger partial charge in [0.25, 0.3) is 0 Å². The van der Waals surface area contributed by atoms with E-state index in [1.165, 1.54) is 13.0 Å². The SMILES string of the molecule is [B]c1cc2c(=NCc3cccc(C(F)(F)F)c3C)nc3n(c2cn1)CCC3. The maximum absolute atomic E-state index is 13.1. The summed E-state index contributed by atoms with van der Waals surface area (Å²) in [6.07, 6.45) is -0.848. The third-order valence-corrected chi connectivity index (χ3v) is 4.91. The Balaban J connectivity index is 1.83. The molecule has 0 amide bonds. The first-order valence-corrected chi connectivity index (χ1v) is 8.66. The van der Waals surface area contributed by atoms with Crippen molar-refractivity contribution < 1.29 is 13.2 Å². The van der Waals surface area contributed by atoms with Gasteiger partial charge < -0.3 is 4.57 Å². The molecule has 27 heavy (non-hydrogen) atoms. The average molecular weight is 368 g/mol. The molecule has 0 saturated carbocycles. The molecule has 4 nitrogen and oxygen atoms in total. The summed E-state index contributed by atoms with van der Waals surface area (Å²) in [5, 5.41) is 0.762. The minimum Gasteiger partial charge on any atom is -0.328 e. The van der Waals surface area contributed by atoms with Crippen LogP contribution in [0.1, 0.15) is 28.9 Å². The molecule has 3 aromatic rings. The Bertz CT molecular complexity index is 1100. The van der Waals surface area contributed by atoms with Crippen molar-refractivity contribution in [2.24, 2.45) is 4.99 Å². The molecule has 2 radical (unpaired) electrons. The van der Waals surface area contributed by atoms with Gasteiger partial charge in [-0.3, -0.25) is 9.98 Å². The highest BCUT2D eigenvalue weighted by atomic mass is 19.4. The molecule has 136 valence electrons. The van der Waals surface area contributed by atoms with E-state index in [0.717, 1.165) is 42.2 Å². The Labute approximate surface area is 155 Å². The summed E-state index contributed by atoms with van der Waals surface area (Å²) in [7, 11) is 5.82. The number of nitrogens with zero attached hydrogens (tertiary/aromatic N) is 4. The largest absolute Gasteiger partial charge is 0.416 e. The Morgan fingerprint density at radius 2 is 2.11 bits per heavy atom. The second-order valence-electron chi connectivity index (χ2n) is 6.64. The maximum atomic E-state index is 13.1. The van der Waals surface area contributed by atoms with Gasteiger partial charge in [-0.2, -0.15) is 13.2 Å². The summed E-state index contributed by atoms with van der Waals surface area (Å²) in [5.74, 6) is 0.911. The minimum atomic E-state index is -4.38. The van der Waals surface area contributed by atoms with Crippen LogP contribution in [0, 0.1) is 6.92 Å². The Morgan fingerprint density at radius 1 is 1.30 bits per heavy atom. The molecular formula is C19H16BF3N4. The lowest BCUT2D eigenvalue weighted by atomic mass is 10.0. The molecule has 0 aliphatic carbocycles. The smallest absolute Gasteiger partial charge is 0.328 e. The van der Waals surface area contributed by atoms with Crippen molar-refractivity contribution in [3.05, 3.63) is 58.5 Å². The van der Waals surface area contributed by atoms with Gasteiger partial charge in [0.1, 0.15) is 13.7 Å². The average Bonchev–Trinajstić information content (AvgIpc) is 3.08. The van der Waals surface area contributed by atoms with Crippen LogP contribution >= 0.6 is 0 Å². The van der Waals surface area contributed by atoms with Crippen LogP contribution in [0.3, 0.4) is 0 Å². The van der Waals surface area contributed by atoms with Crippen molar-refractivity contribution in [2.45, 2.75) is 39.0 Å². The van der Waals surface area contributed by atoms with Crippen molar-refractivity contribution in [3.63, 3.8) is 0 Å². The van der Waals surface area contributed by atoms with Crippen molar-refractivity contribution in [2.75, 3.05) is 0 Å². The number of alkyl halides is 3. The summed E-state index contributed by atoms with van der Waals surface area (Å²) in [6, 6.07) is 5.87. The van der Waals surface area contributed by atoms with Crippen LogP contribution in [0.4, 0.5) is 13.2 Å². The molecule has 4 rings (SSSR count). The van der Waals surface area contributed by atoms with Crippen LogP contribution in [0.2, 0.25) is 0 Å².